The molecule has 35 heavy (non-hydrogen) atoms. The van der Waals surface area contributed by atoms with Crippen LogP contribution in [0.1, 0.15) is 41.8 Å². The lowest BCUT2D eigenvalue weighted by molar-refractivity contribution is 0.204. The molecule has 2 atom stereocenters. The van der Waals surface area contributed by atoms with Crippen LogP contribution in [0.2, 0.25) is 10.0 Å². The molecule has 0 bridgehead atoms. The van der Waals surface area contributed by atoms with E-state index in [0.717, 1.165) is 13.0 Å². The van der Waals surface area contributed by atoms with Crippen molar-refractivity contribution in [1.29, 1.82) is 10.7 Å². The number of rotatable bonds is 7. The fourth-order valence-corrected chi connectivity index (χ4v) is 4.40. The number of hydrogen-bond acceptors (Lipinski definition) is 9. The van der Waals surface area contributed by atoms with E-state index in [2.05, 4.69) is 27.9 Å². The molecule has 9 nitrogen and oxygen atoms in total. The first-order valence-electron chi connectivity index (χ1n) is 10.7. The van der Waals surface area contributed by atoms with Crippen molar-refractivity contribution in [2.24, 2.45) is 5.73 Å². The fourth-order valence-electron chi connectivity index (χ4n) is 3.82. The minimum atomic E-state index is -1.04. The van der Waals surface area contributed by atoms with E-state index < -0.39 is 6.23 Å². The molecular weight excluding hydrogens is 489 g/mol. The predicted octanol–water partition coefficient (Wildman–Crippen LogP) is 4.30. The van der Waals surface area contributed by atoms with Crippen LogP contribution in [0.15, 0.2) is 36.8 Å². The quantitative estimate of drug-likeness (QED) is 0.241. The van der Waals surface area contributed by atoms with Gasteiger partial charge in [-0.25, -0.2) is 4.98 Å². The molecule has 1 aliphatic heterocycles. The summed E-state index contributed by atoms with van der Waals surface area (Å²) in [5.74, 6) is 1.16. The summed E-state index contributed by atoms with van der Waals surface area (Å²) in [6.07, 6.45) is 4.40. The molecule has 180 valence electrons. The topological polar surface area (TPSA) is 147 Å². The zero-order valence-corrected chi connectivity index (χ0v) is 20.6. The van der Waals surface area contributed by atoms with Crippen molar-refractivity contribution in [3.05, 3.63) is 69.1 Å². The van der Waals surface area contributed by atoms with Gasteiger partial charge >= 0.3 is 0 Å². The average Bonchev–Trinajstić information content (AvgIpc) is 2.83. The molecule has 0 radical (unpaired) electrons. The maximum absolute atomic E-state index is 9.68. The summed E-state index contributed by atoms with van der Waals surface area (Å²) < 4.78 is 11.3. The smallest absolute Gasteiger partial charge is 0.177 e. The zero-order chi connectivity index (χ0) is 25.3. The monoisotopic (exact) mass is 511 g/mol. The van der Waals surface area contributed by atoms with Crippen molar-refractivity contribution in [1.82, 2.24) is 9.97 Å². The minimum Gasteiger partial charge on any atom is -0.493 e. The standard InChI is InChI=1S/C24H23Cl2N7O2/c1-12-3-4-33(12)24-13(8-27)5-14(9-32-24)22(29)15-6-20(19(34-2)7-18(15)28)35-23(30)21-16(25)10-31-11-17(21)26/h5-7,9-12,23,29H,3-4,28,30H2,1-2H3/t12-,23+/m1/s1. The van der Waals surface area contributed by atoms with Gasteiger partial charge in [-0.3, -0.25) is 16.1 Å². The second kappa shape index (κ2) is 9.96. The Balaban J connectivity index is 1.68. The Morgan fingerprint density at radius 1 is 1.23 bits per heavy atom. The Morgan fingerprint density at radius 2 is 1.94 bits per heavy atom. The van der Waals surface area contributed by atoms with Crippen LogP contribution in [-0.4, -0.2) is 35.4 Å². The molecule has 2 aromatic heterocycles. The molecule has 1 aliphatic rings. The fraction of sp³-hybridized carbons (Fsp3) is 0.250. The van der Waals surface area contributed by atoms with Gasteiger partial charge in [-0.15, -0.1) is 0 Å². The third-order valence-corrected chi connectivity index (χ3v) is 6.50. The van der Waals surface area contributed by atoms with Gasteiger partial charge in [-0.1, -0.05) is 23.2 Å². The van der Waals surface area contributed by atoms with Crippen LogP contribution in [0.25, 0.3) is 0 Å². The van der Waals surface area contributed by atoms with Crippen molar-refractivity contribution in [2.75, 3.05) is 24.3 Å². The van der Waals surface area contributed by atoms with Crippen molar-refractivity contribution in [3.63, 3.8) is 0 Å². The van der Waals surface area contributed by atoms with E-state index in [0.29, 0.717) is 39.9 Å². The Morgan fingerprint density at radius 3 is 2.51 bits per heavy atom. The summed E-state index contributed by atoms with van der Waals surface area (Å²) in [6, 6.07) is 7.24. The van der Waals surface area contributed by atoms with Crippen molar-refractivity contribution in [3.8, 4) is 17.6 Å². The zero-order valence-electron chi connectivity index (χ0n) is 19.0. The molecule has 1 aromatic carbocycles. The number of nitriles is 1. The molecule has 0 amide bonds. The van der Waals surface area contributed by atoms with Crippen LogP contribution in [0.3, 0.4) is 0 Å². The molecule has 0 unspecified atom stereocenters. The van der Waals surface area contributed by atoms with Gasteiger partial charge in [-0.05, 0) is 25.5 Å². The predicted molar refractivity (Wildman–Crippen MR) is 136 cm³/mol. The number of nitrogens with one attached hydrogen (secondary N) is 1. The van der Waals surface area contributed by atoms with E-state index in [9.17, 15) is 5.26 Å². The number of anilines is 2. The number of pyridine rings is 2. The Bertz CT molecular complexity index is 1320. The van der Waals surface area contributed by atoms with E-state index in [-0.39, 0.29) is 27.2 Å². The van der Waals surface area contributed by atoms with Gasteiger partial charge in [0.25, 0.3) is 0 Å². The molecule has 11 heteroatoms. The summed E-state index contributed by atoms with van der Waals surface area (Å²) in [5, 5.41) is 19.0. The highest BCUT2D eigenvalue weighted by Gasteiger charge is 2.28. The highest BCUT2D eigenvalue weighted by atomic mass is 35.5. The number of hydrogen-bond donors (Lipinski definition) is 3. The molecule has 0 saturated carbocycles. The highest BCUT2D eigenvalue weighted by molar-refractivity contribution is 6.35. The van der Waals surface area contributed by atoms with Crippen LogP contribution in [0, 0.1) is 16.7 Å². The van der Waals surface area contributed by atoms with E-state index in [1.54, 1.807) is 18.3 Å². The van der Waals surface area contributed by atoms with Gasteiger partial charge in [0.15, 0.2) is 17.7 Å². The lowest BCUT2D eigenvalue weighted by Crippen LogP contribution is -2.46. The lowest BCUT2D eigenvalue weighted by Gasteiger charge is -2.40. The number of nitrogen functional groups attached to an aromatic ring is 1. The molecule has 1 saturated heterocycles. The summed E-state index contributed by atoms with van der Waals surface area (Å²) in [5.41, 5.74) is 14.4. The number of ether oxygens (including phenoxy) is 2. The van der Waals surface area contributed by atoms with Gasteiger partial charge < -0.3 is 20.1 Å². The van der Waals surface area contributed by atoms with E-state index >= 15 is 0 Å². The van der Waals surface area contributed by atoms with Gasteiger partial charge in [0.1, 0.15) is 11.9 Å². The van der Waals surface area contributed by atoms with E-state index in [1.165, 1.54) is 25.6 Å². The number of nitrogens with two attached hydrogens (primary N) is 2. The van der Waals surface area contributed by atoms with Crippen LogP contribution in [0.4, 0.5) is 11.5 Å². The first-order valence-corrected chi connectivity index (χ1v) is 11.5. The molecule has 1 fully saturated rings. The Kier molecular flexibility index (Phi) is 6.98. The molecular formula is C24H23Cl2N7O2. The molecule has 3 heterocycles. The normalized spacial score (nSPS) is 15.7. The summed E-state index contributed by atoms with van der Waals surface area (Å²) in [6.45, 7) is 2.93. The highest BCUT2D eigenvalue weighted by Crippen LogP contribution is 2.37. The largest absolute Gasteiger partial charge is 0.493 e. The maximum Gasteiger partial charge on any atom is 0.177 e. The number of nitrogens with zero attached hydrogens (tertiary/aromatic N) is 4. The molecule has 5 N–H and O–H groups in total. The Hall–Kier alpha value is -3.58. The van der Waals surface area contributed by atoms with Crippen LogP contribution in [-0.2, 0) is 0 Å². The van der Waals surface area contributed by atoms with Crippen molar-refractivity contribution < 1.29 is 9.47 Å². The molecule has 3 aromatic rings. The van der Waals surface area contributed by atoms with Crippen molar-refractivity contribution >= 4 is 40.4 Å². The van der Waals surface area contributed by atoms with Crippen molar-refractivity contribution in [2.45, 2.75) is 25.6 Å². The summed E-state index contributed by atoms with van der Waals surface area (Å²) in [4.78, 5) is 10.5. The Labute approximate surface area is 212 Å². The van der Waals surface area contributed by atoms with Gasteiger partial charge in [0, 0.05) is 59.6 Å². The van der Waals surface area contributed by atoms with Gasteiger partial charge in [0.05, 0.1) is 28.4 Å². The van der Waals surface area contributed by atoms with E-state index in [1.807, 2.05) is 0 Å². The minimum absolute atomic E-state index is 0.0655. The number of methoxy groups -OCH3 is 1. The second-order valence-electron chi connectivity index (χ2n) is 8.06. The van der Waals surface area contributed by atoms with Crippen LogP contribution >= 0.6 is 23.2 Å². The molecule has 0 aliphatic carbocycles. The lowest BCUT2D eigenvalue weighted by atomic mass is 9.99. The number of aromatic nitrogens is 2. The summed E-state index contributed by atoms with van der Waals surface area (Å²) >= 11 is 12.4. The average molecular weight is 512 g/mol. The molecule has 0 spiro atoms. The van der Waals surface area contributed by atoms with Crippen LogP contribution in [0.5, 0.6) is 11.5 Å². The third kappa shape index (κ3) is 4.68. The molecule has 4 rings (SSSR count). The first kappa shape index (κ1) is 24.5. The van der Waals surface area contributed by atoms with E-state index in [4.69, 9.17) is 49.6 Å². The van der Waals surface area contributed by atoms with Gasteiger partial charge in [0.2, 0.25) is 0 Å². The van der Waals surface area contributed by atoms with Gasteiger partial charge in [-0.2, -0.15) is 5.26 Å². The first-order chi connectivity index (χ1) is 16.7. The second-order valence-corrected chi connectivity index (χ2v) is 8.87. The SMILES string of the molecule is COc1cc(N)c(C(=N)c2cnc(N3CC[C@H]3C)c(C#N)c2)cc1O[C@H](N)c1c(Cl)cncc1Cl. The van der Waals surface area contributed by atoms with Crippen LogP contribution < -0.4 is 25.8 Å². The third-order valence-electron chi connectivity index (χ3n) is 5.90. The maximum atomic E-state index is 9.68. The number of halogens is 2. The number of benzene rings is 1. The summed E-state index contributed by atoms with van der Waals surface area (Å²) in [7, 11) is 1.46.